The topological polar surface area (TPSA) is 52.6 Å². The minimum Gasteiger partial charge on any atom is -0.487 e. The lowest BCUT2D eigenvalue weighted by molar-refractivity contribution is 0.0727. The van der Waals surface area contributed by atoms with Crippen LogP contribution in [-0.4, -0.2) is 11.8 Å². The summed E-state index contributed by atoms with van der Waals surface area (Å²) >= 11 is 3.25. The number of para-hydroxylation sites is 1. The fourth-order valence-corrected chi connectivity index (χ4v) is 3.62. The van der Waals surface area contributed by atoms with Crippen LogP contribution in [0.4, 0.5) is 4.39 Å². The Labute approximate surface area is 176 Å². The Balaban J connectivity index is 2.07. The Morgan fingerprint density at radius 2 is 1.55 bits per heavy atom. The van der Waals surface area contributed by atoms with Crippen molar-refractivity contribution in [1.29, 1.82) is 0 Å². The minimum absolute atomic E-state index is 0.0117. The maximum absolute atomic E-state index is 14.9. The van der Waals surface area contributed by atoms with E-state index in [2.05, 4.69) is 15.9 Å². The van der Waals surface area contributed by atoms with Crippen LogP contribution in [0.25, 0.3) is 0 Å². The quantitative estimate of drug-likeness (QED) is 0.263. The molecule has 0 heterocycles. The van der Waals surface area contributed by atoms with Crippen LogP contribution in [0.2, 0.25) is 0 Å². The maximum atomic E-state index is 14.9. The van der Waals surface area contributed by atoms with Crippen LogP contribution in [0.5, 0.6) is 11.5 Å². The van der Waals surface area contributed by atoms with Gasteiger partial charge >= 0.3 is 5.97 Å². The highest BCUT2D eigenvalue weighted by Crippen LogP contribution is 2.38. The number of carbonyl (C=O) groups is 2. The van der Waals surface area contributed by atoms with E-state index in [0.717, 1.165) is 5.56 Å². The predicted octanol–water partition coefficient (Wildman–Crippen LogP) is 5.90. The Morgan fingerprint density at radius 3 is 2.14 bits per heavy atom. The molecule has 3 rings (SSSR count). The molecule has 3 aromatic carbocycles. The van der Waals surface area contributed by atoms with E-state index in [4.69, 9.17) is 9.47 Å². The van der Waals surface area contributed by atoms with Crippen LogP contribution < -0.4 is 9.47 Å². The third-order valence-corrected chi connectivity index (χ3v) is 5.06. The number of rotatable bonds is 6. The van der Waals surface area contributed by atoms with Crippen molar-refractivity contribution in [2.24, 2.45) is 0 Å². The molecule has 0 fully saturated rings. The number of ether oxygens (including phenoxy) is 2. The fraction of sp³-hybridized carbons (Fsp3) is 0.130. The van der Waals surface area contributed by atoms with Crippen molar-refractivity contribution in [1.82, 2.24) is 0 Å². The van der Waals surface area contributed by atoms with Crippen molar-refractivity contribution in [2.75, 3.05) is 0 Å². The fourth-order valence-electron chi connectivity index (χ4n) is 2.85. The molecule has 0 saturated heterocycles. The Hall–Kier alpha value is -2.99. The van der Waals surface area contributed by atoms with Crippen molar-refractivity contribution >= 4 is 27.7 Å². The van der Waals surface area contributed by atoms with E-state index >= 15 is 0 Å². The van der Waals surface area contributed by atoms with Gasteiger partial charge in [-0.25, -0.2) is 9.18 Å². The molecule has 29 heavy (non-hydrogen) atoms. The first-order chi connectivity index (χ1) is 13.9. The van der Waals surface area contributed by atoms with Crippen molar-refractivity contribution in [3.05, 3.63) is 93.2 Å². The molecule has 0 radical (unpaired) electrons. The van der Waals surface area contributed by atoms with E-state index < -0.39 is 17.6 Å². The summed E-state index contributed by atoms with van der Waals surface area (Å²) in [6.07, 6.45) is 0. The average Bonchev–Trinajstić information content (AvgIpc) is 2.71. The zero-order valence-corrected chi connectivity index (χ0v) is 17.5. The predicted molar refractivity (Wildman–Crippen MR) is 111 cm³/mol. The van der Waals surface area contributed by atoms with Gasteiger partial charge in [0, 0.05) is 5.56 Å². The highest BCUT2D eigenvalue weighted by Gasteiger charge is 2.29. The zero-order valence-electron chi connectivity index (χ0n) is 15.9. The number of esters is 1. The van der Waals surface area contributed by atoms with E-state index in [0.29, 0.717) is 5.75 Å². The summed E-state index contributed by atoms with van der Waals surface area (Å²) in [5.74, 6) is -1.65. The molecular weight excluding hydrogens is 439 g/mol. The first kappa shape index (κ1) is 20.7. The van der Waals surface area contributed by atoms with Crippen molar-refractivity contribution in [3.8, 4) is 11.5 Å². The van der Waals surface area contributed by atoms with Gasteiger partial charge < -0.3 is 9.47 Å². The van der Waals surface area contributed by atoms with Crippen molar-refractivity contribution < 1.29 is 23.5 Å². The van der Waals surface area contributed by atoms with Crippen LogP contribution in [0.15, 0.2) is 65.1 Å². The van der Waals surface area contributed by atoms with Gasteiger partial charge in [-0.05, 0) is 47.5 Å². The molecule has 4 nitrogen and oxygen atoms in total. The first-order valence-electron chi connectivity index (χ1n) is 8.86. The van der Waals surface area contributed by atoms with Gasteiger partial charge in [0.1, 0.15) is 29.5 Å². The molecule has 0 aliphatic carbocycles. The van der Waals surface area contributed by atoms with E-state index in [1.807, 2.05) is 30.3 Å². The van der Waals surface area contributed by atoms with Gasteiger partial charge in [0.2, 0.25) is 0 Å². The smallest absolute Gasteiger partial charge is 0.347 e. The summed E-state index contributed by atoms with van der Waals surface area (Å²) < 4.78 is 26.3. The SMILES string of the molecule is CC(=O)c1c(F)c(C)c(C(=O)Oc2ccccc2)c(OCc2ccccc2)c1Br. The summed E-state index contributed by atoms with van der Waals surface area (Å²) in [6.45, 7) is 2.81. The second kappa shape index (κ2) is 9.01. The van der Waals surface area contributed by atoms with Crippen LogP contribution >= 0.6 is 15.9 Å². The summed E-state index contributed by atoms with van der Waals surface area (Å²) in [6, 6.07) is 17.8. The van der Waals surface area contributed by atoms with Crippen molar-refractivity contribution in [2.45, 2.75) is 20.5 Å². The largest absolute Gasteiger partial charge is 0.487 e. The summed E-state index contributed by atoms with van der Waals surface area (Å²) in [7, 11) is 0. The molecule has 6 heteroatoms. The van der Waals surface area contributed by atoms with Crippen LogP contribution in [-0.2, 0) is 6.61 Å². The monoisotopic (exact) mass is 456 g/mol. The normalized spacial score (nSPS) is 10.5. The third-order valence-electron chi connectivity index (χ3n) is 4.31. The molecule has 0 saturated carbocycles. The molecule has 0 atom stereocenters. The summed E-state index contributed by atoms with van der Waals surface area (Å²) in [5.41, 5.74) is 0.608. The lowest BCUT2D eigenvalue weighted by atomic mass is 10.0. The lowest BCUT2D eigenvalue weighted by Gasteiger charge is -2.18. The molecule has 0 amide bonds. The average molecular weight is 457 g/mol. The molecule has 0 unspecified atom stereocenters. The van der Waals surface area contributed by atoms with E-state index in [1.165, 1.54) is 13.8 Å². The molecule has 0 aromatic heterocycles. The number of hydrogen-bond donors (Lipinski definition) is 0. The molecular formula is C23H18BrFO4. The summed E-state index contributed by atoms with van der Waals surface area (Å²) in [4.78, 5) is 24.9. The number of halogens is 2. The minimum atomic E-state index is -0.781. The first-order valence-corrected chi connectivity index (χ1v) is 9.66. The van der Waals surface area contributed by atoms with Gasteiger partial charge in [-0.2, -0.15) is 0 Å². The second-order valence-electron chi connectivity index (χ2n) is 6.37. The third kappa shape index (κ3) is 4.54. The zero-order chi connectivity index (χ0) is 21.0. The highest BCUT2D eigenvalue weighted by atomic mass is 79.9. The Bertz CT molecular complexity index is 1050. The highest BCUT2D eigenvalue weighted by molar-refractivity contribution is 9.10. The van der Waals surface area contributed by atoms with Crippen molar-refractivity contribution in [3.63, 3.8) is 0 Å². The second-order valence-corrected chi connectivity index (χ2v) is 7.16. The van der Waals surface area contributed by atoms with Gasteiger partial charge in [0.05, 0.1) is 10.0 Å². The molecule has 0 N–H and O–H groups in total. The number of carbonyl (C=O) groups excluding carboxylic acids is 2. The molecule has 0 bridgehead atoms. The molecule has 0 aliphatic rings. The van der Waals surface area contributed by atoms with Crippen LogP contribution in [0.3, 0.4) is 0 Å². The number of ketones is 1. The number of hydrogen-bond acceptors (Lipinski definition) is 4. The van der Waals surface area contributed by atoms with Gasteiger partial charge in [0.25, 0.3) is 0 Å². The lowest BCUT2D eigenvalue weighted by Crippen LogP contribution is -2.16. The Morgan fingerprint density at radius 1 is 0.966 bits per heavy atom. The van der Waals surface area contributed by atoms with E-state index in [9.17, 15) is 14.0 Å². The molecule has 3 aromatic rings. The van der Waals surface area contributed by atoms with Gasteiger partial charge in [-0.1, -0.05) is 48.5 Å². The molecule has 0 aliphatic heterocycles. The maximum Gasteiger partial charge on any atom is 0.347 e. The summed E-state index contributed by atoms with van der Waals surface area (Å²) in [5, 5.41) is 0. The molecule has 0 spiro atoms. The Kier molecular flexibility index (Phi) is 6.44. The van der Waals surface area contributed by atoms with Crippen LogP contribution in [0, 0.1) is 12.7 Å². The number of benzene rings is 3. The molecule has 148 valence electrons. The van der Waals surface area contributed by atoms with Gasteiger partial charge in [-0.15, -0.1) is 0 Å². The van der Waals surface area contributed by atoms with Gasteiger partial charge in [-0.3, -0.25) is 4.79 Å². The van der Waals surface area contributed by atoms with E-state index in [-0.39, 0.29) is 33.5 Å². The van der Waals surface area contributed by atoms with Gasteiger partial charge in [0.15, 0.2) is 5.78 Å². The van der Waals surface area contributed by atoms with Crippen LogP contribution in [0.1, 0.15) is 38.8 Å². The number of Topliss-reactive ketones (excluding diaryl/α,β-unsaturated/α-hetero) is 1. The standard InChI is InChI=1S/C23H18BrFO4/c1-14-18(23(27)29-17-11-7-4-8-12-17)22(20(24)19(15(2)26)21(14)25)28-13-16-9-5-3-6-10-16/h3-12H,13H2,1-2H3. The van der Waals surface area contributed by atoms with E-state index in [1.54, 1.807) is 30.3 Å².